The molecule has 2 unspecified atom stereocenters. The van der Waals surface area contributed by atoms with Gasteiger partial charge in [-0.3, -0.25) is 0 Å². The van der Waals surface area contributed by atoms with Crippen LogP contribution >= 0.6 is 0 Å². The van der Waals surface area contributed by atoms with E-state index in [1.807, 2.05) is 0 Å². The molecule has 0 radical (unpaired) electrons. The van der Waals surface area contributed by atoms with E-state index in [2.05, 4.69) is 18.1 Å². The second-order valence-corrected chi connectivity index (χ2v) is 2.66. The molecule has 2 atom stereocenters. The standard InChI is InChI=1S/C9H12O/c1-2-9(10)8-6-4-3-5-7-8/h1,3-4,8-10H,5-7H2. The van der Waals surface area contributed by atoms with Crippen LogP contribution in [-0.4, -0.2) is 11.2 Å². The fourth-order valence-electron chi connectivity index (χ4n) is 1.24. The second-order valence-electron chi connectivity index (χ2n) is 2.66. The monoisotopic (exact) mass is 136 g/mol. The SMILES string of the molecule is C#CC(O)C1CC=CCC1. The predicted molar refractivity (Wildman–Crippen MR) is 41.3 cm³/mol. The van der Waals surface area contributed by atoms with Crippen LogP contribution in [0.5, 0.6) is 0 Å². The summed E-state index contributed by atoms with van der Waals surface area (Å²) in [5.41, 5.74) is 0. The lowest BCUT2D eigenvalue weighted by molar-refractivity contribution is 0.154. The van der Waals surface area contributed by atoms with Crippen LogP contribution in [0, 0.1) is 18.3 Å². The minimum atomic E-state index is -0.537. The predicted octanol–water partition coefficient (Wildman–Crippen LogP) is 1.34. The van der Waals surface area contributed by atoms with Gasteiger partial charge >= 0.3 is 0 Å². The average Bonchev–Trinajstić information content (AvgIpc) is 2.05. The molecule has 0 bridgehead atoms. The number of terminal acetylenes is 1. The number of aliphatic hydroxyl groups is 1. The van der Waals surface area contributed by atoms with Crippen molar-refractivity contribution in [3.63, 3.8) is 0 Å². The molecule has 1 heteroatoms. The zero-order valence-electron chi connectivity index (χ0n) is 5.96. The zero-order chi connectivity index (χ0) is 7.40. The van der Waals surface area contributed by atoms with Gasteiger partial charge in [0.1, 0.15) is 6.10 Å². The highest BCUT2D eigenvalue weighted by molar-refractivity contribution is 5.02. The first kappa shape index (κ1) is 7.37. The van der Waals surface area contributed by atoms with Crippen molar-refractivity contribution in [2.75, 3.05) is 0 Å². The number of aliphatic hydroxyl groups excluding tert-OH is 1. The molecule has 10 heavy (non-hydrogen) atoms. The molecular weight excluding hydrogens is 124 g/mol. The Morgan fingerprint density at radius 2 is 2.40 bits per heavy atom. The van der Waals surface area contributed by atoms with Crippen molar-refractivity contribution in [2.45, 2.75) is 25.4 Å². The van der Waals surface area contributed by atoms with E-state index in [9.17, 15) is 5.11 Å². The minimum absolute atomic E-state index is 0.301. The molecule has 0 spiro atoms. The van der Waals surface area contributed by atoms with Crippen molar-refractivity contribution in [3.8, 4) is 12.3 Å². The summed E-state index contributed by atoms with van der Waals surface area (Å²) in [4.78, 5) is 0. The van der Waals surface area contributed by atoms with Gasteiger partial charge in [-0.2, -0.15) is 0 Å². The largest absolute Gasteiger partial charge is 0.380 e. The highest BCUT2D eigenvalue weighted by Crippen LogP contribution is 2.20. The molecule has 1 rings (SSSR count). The lowest BCUT2D eigenvalue weighted by Crippen LogP contribution is -2.18. The van der Waals surface area contributed by atoms with Crippen LogP contribution in [0.15, 0.2) is 12.2 Å². The van der Waals surface area contributed by atoms with Crippen LogP contribution in [0.3, 0.4) is 0 Å². The van der Waals surface area contributed by atoms with E-state index in [4.69, 9.17) is 6.42 Å². The Morgan fingerprint density at radius 1 is 1.60 bits per heavy atom. The molecule has 1 N–H and O–H groups in total. The molecule has 0 heterocycles. The Kier molecular flexibility index (Phi) is 2.53. The molecule has 1 aliphatic carbocycles. The maximum atomic E-state index is 9.21. The Labute approximate surface area is 61.8 Å². The van der Waals surface area contributed by atoms with Crippen LogP contribution in [-0.2, 0) is 0 Å². The van der Waals surface area contributed by atoms with Crippen LogP contribution < -0.4 is 0 Å². The first-order valence-electron chi connectivity index (χ1n) is 3.64. The molecule has 54 valence electrons. The Morgan fingerprint density at radius 3 is 2.90 bits per heavy atom. The third-order valence-corrected chi connectivity index (χ3v) is 1.93. The van der Waals surface area contributed by atoms with E-state index >= 15 is 0 Å². The fourth-order valence-corrected chi connectivity index (χ4v) is 1.24. The smallest absolute Gasteiger partial charge is 0.117 e. The molecule has 0 amide bonds. The lowest BCUT2D eigenvalue weighted by atomic mass is 9.90. The quantitative estimate of drug-likeness (QED) is 0.426. The molecule has 0 aliphatic heterocycles. The Hall–Kier alpha value is -0.740. The first-order chi connectivity index (χ1) is 4.84. The summed E-state index contributed by atoms with van der Waals surface area (Å²) in [5, 5.41) is 9.21. The number of rotatable bonds is 1. The van der Waals surface area contributed by atoms with Crippen molar-refractivity contribution in [1.29, 1.82) is 0 Å². The molecule has 0 saturated carbocycles. The van der Waals surface area contributed by atoms with E-state index in [1.165, 1.54) is 0 Å². The molecule has 0 aromatic heterocycles. The molecule has 0 aromatic carbocycles. The van der Waals surface area contributed by atoms with E-state index in [0.29, 0.717) is 5.92 Å². The summed E-state index contributed by atoms with van der Waals surface area (Å²) in [6, 6.07) is 0. The van der Waals surface area contributed by atoms with Crippen LogP contribution in [0.25, 0.3) is 0 Å². The van der Waals surface area contributed by atoms with Gasteiger partial charge in [0.25, 0.3) is 0 Å². The zero-order valence-corrected chi connectivity index (χ0v) is 5.96. The maximum absolute atomic E-state index is 9.21. The van der Waals surface area contributed by atoms with Gasteiger partial charge in [0.05, 0.1) is 0 Å². The molecular formula is C9H12O. The average molecular weight is 136 g/mol. The number of hydrogen-bond donors (Lipinski definition) is 1. The highest BCUT2D eigenvalue weighted by atomic mass is 16.3. The molecule has 0 fully saturated rings. The van der Waals surface area contributed by atoms with Crippen molar-refractivity contribution in [3.05, 3.63) is 12.2 Å². The van der Waals surface area contributed by atoms with Crippen molar-refractivity contribution >= 4 is 0 Å². The van der Waals surface area contributed by atoms with Crippen LogP contribution in [0.4, 0.5) is 0 Å². The second kappa shape index (κ2) is 3.43. The van der Waals surface area contributed by atoms with Gasteiger partial charge in [-0.15, -0.1) is 6.42 Å². The van der Waals surface area contributed by atoms with Gasteiger partial charge in [-0.1, -0.05) is 18.1 Å². The van der Waals surface area contributed by atoms with Gasteiger partial charge < -0.3 is 5.11 Å². The van der Waals surface area contributed by atoms with Crippen molar-refractivity contribution < 1.29 is 5.11 Å². The van der Waals surface area contributed by atoms with E-state index in [0.717, 1.165) is 19.3 Å². The van der Waals surface area contributed by atoms with Gasteiger partial charge in [0, 0.05) is 0 Å². The summed E-state index contributed by atoms with van der Waals surface area (Å²) in [5.74, 6) is 2.66. The van der Waals surface area contributed by atoms with E-state index in [1.54, 1.807) is 0 Å². The van der Waals surface area contributed by atoms with Gasteiger partial charge in [-0.25, -0.2) is 0 Å². The summed E-state index contributed by atoms with van der Waals surface area (Å²) in [6.07, 6.45) is 11.8. The molecule has 0 aromatic rings. The fraction of sp³-hybridized carbons (Fsp3) is 0.556. The third-order valence-electron chi connectivity index (χ3n) is 1.93. The lowest BCUT2D eigenvalue weighted by Gasteiger charge is -2.19. The van der Waals surface area contributed by atoms with Gasteiger partial charge in [-0.05, 0) is 25.2 Å². The van der Waals surface area contributed by atoms with Crippen LogP contribution in [0.1, 0.15) is 19.3 Å². The highest BCUT2D eigenvalue weighted by Gasteiger charge is 2.16. The summed E-state index contributed by atoms with van der Waals surface area (Å²) < 4.78 is 0. The summed E-state index contributed by atoms with van der Waals surface area (Å²) in [7, 11) is 0. The van der Waals surface area contributed by atoms with Crippen LogP contribution in [0.2, 0.25) is 0 Å². The number of allylic oxidation sites excluding steroid dienone is 2. The molecule has 0 saturated heterocycles. The van der Waals surface area contributed by atoms with E-state index in [-0.39, 0.29) is 0 Å². The van der Waals surface area contributed by atoms with E-state index < -0.39 is 6.10 Å². The molecule has 1 nitrogen and oxygen atoms in total. The Balaban J connectivity index is 2.43. The normalized spacial score (nSPS) is 27.4. The Bertz CT molecular complexity index is 164. The van der Waals surface area contributed by atoms with Gasteiger partial charge in [0.15, 0.2) is 0 Å². The third kappa shape index (κ3) is 1.62. The summed E-state index contributed by atoms with van der Waals surface area (Å²) >= 11 is 0. The topological polar surface area (TPSA) is 20.2 Å². The summed E-state index contributed by atoms with van der Waals surface area (Å²) in [6.45, 7) is 0. The molecule has 1 aliphatic rings. The number of hydrogen-bond acceptors (Lipinski definition) is 1. The van der Waals surface area contributed by atoms with Gasteiger partial charge in [0.2, 0.25) is 0 Å². The van der Waals surface area contributed by atoms with Crippen molar-refractivity contribution in [2.24, 2.45) is 5.92 Å². The van der Waals surface area contributed by atoms with Crippen molar-refractivity contribution in [1.82, 2.24) is 0 Å². The maximum Gasteiger partial charge on any atom is 0.117 e. The first-order valence-corrected chi connectivity index (χ1v) is 3.64. The minimum Gasteiger partial charge on any atom is -0.380 e.